The lowest BCUT2D eigenvalue weighted by Crippen LogP contribution is -2.27. The Morgan fingerprint density at radius 2 is 1.89 bits per heavy atom. The third kappa shape index (κ3) is 3.81. The zero-order valence-corrected chi connectivity index (χ0v) is 16.3. The Kier molecular flexibility index (Phi) is 5.35. The summed E-state index contributed by atoms with van der Waals surface area (Å²) < 4.78 is 5.48. The highest BCUT2D eigenvalue weighted by Gasteiger charge is 2.35. The first-order valence-electron chi connectivity index (χ1n) is 9.71. The van der Waals surface area contributed by atoms with Crippen LogP contribution in [0.2, 0.25) is 0 Å². The molecule has 1 aliphatic heterocycles. The van der Waals surface area contributed by atoms with Gasteiger partial charge in [-0.1, -0.05) is 37.1 Å². The fourth-order valence-corrected chi connectivity index (χ4v) is 5.45. The number of rotatable bonds is 3. The van der Waals surface area contributed by atoms with Gasteiger partial charge in [-0.15, -0.1) is 11.8 Å². The lowest BCUT2D eigenvalue weighted by atomic mass is 9.76. The van der Waals surface area contributed by atoms with Crippen molar-refractivity contribution in [3.63, 3.8) is 0 Å². The van der Waals surface area contributed by atoms with Crippen molar-refractivity contribution < 1.29 is 14.3 Å². The van der Waals surface area contributed by atoms with E-state index in [9.17, 15) is 9.59 Å². The molecule has 140 valence electrons. The monoisotopic (exact) mass is 380 g/mol. The summed E-state index contributed by atoms with van der Waals surface area (Å²) in [6.45, 7) is 1.86. The quantitative estimate of drug-likeness (QED) is 0.522. The number of carbonyl (C=O) groups excluding carboxylic acids is 2. The molecular weight excluding hydrogens is 356 g/mol. The van der Waals surface area contributed by atoms with Crippen LogP contribution in [0.5, 0.6) is 5.75 Å². The Morgan fingerprint density at radius 3 is 2.70 bits per heavy atom. The molecule has 2 aliphatic rings. The number of benzene rings is 2. The number of ether oxygens (including phenoxy) is 1. The molecule has 1 fully saturated rings. The summed E-state index contributed by atoms with van der Waals surface area (Å²) in [6.07, 6.45) is 4.57. The summed E-state index contributed by atoms with van der Waals surface area (Å²) in [5.74, 6) is 1.86. The van der Waals surface area contributed by atoms with Gasteiger partial charge in [0.1, 0.15) is 5.75 Å². The Bertz CT molecular complexity index is 846. The van der Waals surface area contributed by atoms with Crippen molar-refractivity contribution in [3.8, 4) is 5.75 Å². The highest BCUT2D eigenvalue weighted by atomic mass is 32.2. The first kappa shape index (κ1) is 18.3. The number of thioether (sulfide) groups is 1. The lowest BCUT2D eigenvalue weighted by Gasteiger charge is -2.28. The molecule has 4 rings (SSSR count). The van der Waals surface area contributed by atoms with E-state index in [1.807, 2.05) is 43.3 Å². The Morgan fingerprint density at radius 1 is 1.11 bits per heavy atom. The van der Waals surface area contributed by atoms with E-state index in [1.165, 1.54) is 6.42 Å². The zero-order valence-electron chi connectivity index (χ0n) is 15.5. The Labute approximate surface area is 164 Å². The summed E-state index contributed by atoms with van der Waals surface area (Å²) >= 11 is 1.77. The largest absolute Gasteiger partial charge is 0.426 e. The van der Waals surface area contributed by atoms with E-state index in [0.717, 1.165) is 41.0 Å². The van der Waals surface area contributed by atoms with Crippen molar-refractivity contribution in [3.05, 3.63) is 59.7 Å². The topological polar surface area (TPSA) is 43.4 Å². The molecule has 1 unspecified atom stereocenters. The maximum atomic E-state index is 13.0. The van der Waals surface area contributed by atoms with Crippen molar-refractivity contribution in [1.29, 1.82) is 0 Å². The normalized spacial score (nSPS) is 22.9. The Balaban J connectivity index is 1.55. The maximum absolute atomic E-state index is 13.0. The molecule has 4 heteroatoms. The minimum atomic E-state index is -0.378. The first-order chi connectivity index (χ1) is 13.1. The van der Waals surface area contributed by atoms with Gasteiger partial charge >= 0.3 is 5.97 Å². The van der Waals surface area contributed by atoms with Crippen LogP contribution in [0.25, 0.3) is 0 Å². The van der Waals surface area contributed by atoms with Crippen LogP contribution in [0.4, 0.5) is 0 Å². The number of Topliss-reactive ketones (excluding diaryl/α,β-unsaturated/α-hetero) is 1. The highest BCUT2D eigenvalue weighted by molar-refractivity contribution is 7.99. The van der Waals surface area contributed by atoms with E-state index in [2.05, 4.69) is 0 Å². The summed E-state index contributed by atoms with van der Waals surface area (Å²) in [6, 6.07) is 15.0. The van der Waals surface area contributed by atoms with E-state index in [0.29, 0.717) is 17.5 Å². The van der Waals surface area contributed by atoms with Crippen molar-refractivity contribution >= 4 is 23.5 Å². The van der Waals surface area contributed by atoms with Crippen LogP contribution in [-0.4, -0.2) is 17.5 Å². The number of carbonyl (C=O) groups is 2. The number of esters is 1. The molecule has 3 atom stereocenters. The van der Waals surface area contributed by atoms with Crippen molar-refractivity contribution in [1.82, 2.24) is 0 Å². The number of hydrogen-bond acceptors (Lipinski definition) is 4. The smallest absolute Gasteiger partial charge is 0.318 e. The van der Waals surface area contributed by atoms with Gasteiger partial charge < -0.3 is 4.74 Å². The molecule has 1 heterocycles. The van der Waals surface area contributed by atoms with Gasteiger partial charge in [-0.05, 0) is 55.5 Å². The van der Waals surface area contributed by atoms with E-state index < -0.39 is 0 Å². The molecule has 1 aliphatic carbocycles. The molecular formula is C23H24O3S. The molecule has 2 aromatic rings. The fourth-order valence-electron chi connectivity index (χ4n) is 4.11. The zero-order chi connectivity index (χ0) is 18.8. The molecule has 0 saturated heterocycles. The minimum Gasteiger partial charge on any atom is -0.426 e. The number of para-hydroxylation sites is 1. The molecule has 1 saturated carbocycles. The molecule has 3 nitrogen and oxygen atoms in total. The number of hydrogen-bond donors (Lipinski definition) is 0. The molecule has 0 bridgehead atoms. The molecule has 0 amide bonds. The van der Waals surface area contributed by atoms with Crippen LogP contribution in [-0.2, 0) is 4.79 Å². The minimum absolute atomic E-state index is 0.179. The van der Waals surface area contributed by atoms with Gasteiger partial charge in [0.2, 0.25) is 0 Å². The molecule has 0 radical (unpaired) electrons. The summed E-state index contributed by atoms with van der Waals surface area (Å²) in [7, 11) is 0. The van der Waals surface area contributed by atoms with E-state index in [-0.39, 0.29) is 17.8 Å². The van der Waals surface area contributed by atoms with Crippen LogP contribution in [0.3, 0.4) is 0 Å². The van der Waals surface area contributed by atoms with Crippen molar-refractivity contribution in [2.75, 3.05) is 5.75 Å². The maximum Gasteiger partial charge on any atom is 0.318 e. The molecule has 0 aromatic heterocycles. The predicted molar refractivity (Wildman–Crippen MR) is 107 cm³/mol. The lowest BCUT2D eigenvalue weighted by molar-refractivity contribution is -0.135. The SMILES string of the molecule is CC(C(=O)Oc1ccccc1)c1ccc2c(c1)SC[C@@H]1CCCC[C@H]1C2=O. The van der Waals surface area contributed by atoms with E-state index in [1.54, 1.807) is 23.9 Å². The fraction of sp³-hybridized carbons (Fsp3) is 0.391. The first-order valence-corrected chi connectivity index (χ1v) is 10.7. The third-order valence-electron chi connectivity index (χ3n) is 5.79. The third-order valence-corrected chi connectivity index (χ3v) is 7.03. The van der Waals surface area contributed by atoms with E-state index >= 15 is 0 Å². The average Bonchev–Trinajstić information content (AvgIpc) is 2.85. The molecule has 27 heavy (non-hydrogen) atoms. The van der Waals surface area contributed by atoms with Gasteiger partial charge in [0, 0.05) is 22.1 Å². The van der Waals surface area contributed by atoms with Gasteiger partial charge in [-0.2, -0.15) is 0 Å². The molecule has 2 aromatic carbocycles. The van der Waals surface area contributed by atoms with Gasteiger partial charge in [-0.25, -0.2) is 0 Å². The van der Waals surface area contributed by atoms with E-state index in [4.69, 9.17) is 4.74 Å². The van der Waals surface area contributed by atoms with Gasteiger partial charge in [-0.3, -0.25) is 9.59 Å². The number of fused-ring (bicyclic) bond motifs is 2. The van der Waals surface area contributed by atoms with Gasteiger partial charge in [0.15, 0.2) is 5.78 Å². The number of ketones is 1. The van der Waals surface area contributed by atoms with Crippen LogP contribution in [0, 0.1) is 11.8 Å². The summed E-state index contributed by atoms with van der Waals surface area (Å²) in [5, 5.41) is 0. The predicted octanol–water partition coefficient (Wildman–Crippen LogP) is 5.49. The second-order valence-corrected chi connectivity index (χ2v) is 8.60. The van der Waals surface area contributed by atoms with Crippen LogP contribution < -0.4 is 4.74 Å². The van der Waals surface area contributed by atoms with Crippen LogP contribution >= 0.6 is 11.8 Å². The van der Waals surface area contributed by atoms with Crippen molar-refractivity contribution in [2.45, 2.75) is 43.4 Å². The Hall–Kier alpha value is -2.07. The standard InChI is InChI=1S/C23H24O3S/c1-15(23(25)26-18-8-3-2-4-9-18)16-11-12-20-21(13-16)27-14-17-7-5-6-10-19(17)22(20)24/h2-4,8-9,11-13,15,17,19H,5-7,10,14H2,1H3/t15?,17-,19+/m0/s1. The second-order valence-electron chi connectivity index (χ2n) is 7.54. The average molecular weight is 381 g/mol. The van der Waals surface area contributed by atoms with Gasteiger partial charge in [0.05, 0.1) is 5.92 Å². The highest BCUT2D eigenvalue weighted by Crippen LogP contribution is 2.42. The summed E-state index contributed by atoms with van der Waals surface area (Å²) in [4.78, 5) is 26.6. The summed E-state index contributed by atoms with van der Waals surface area (Å²) in [5.41, 5.74) is 1.74. The second kappa shape index (κ2) is 7.89. The molecule has 0 N–H and O–H groups in total. The van der Waals surface area contributed by atoms with Gasteiger partial charge in [0.25, 0.3) is 0 Å². The van der Waals surface area contributed by atoms with Crippen molar-refractivity contribution in [2.24, 2.45) is 11.8 Å². The molecule has 0 spiro atoms. The van der Waals surface area contributed by atoms with Crippen LogP contribution in [0.1, 0.15) is 54.4 Å². The van der Waals surface area contributed by atoms with Crippen LogP contribution in [0.15, 0.2) is 53.4 Å².